The van der Waals surface area contributed by atoms with Crippen molar-refractivity contribution in [2.75, 3.05) is 13.1 Å². The molecule has 1 aromatic heterocycles. The van der Waals surface area contributed by atoms with Crippen LogP contribution in [0.25, 0.3) is 10.9 Å². The van der Waals surface area contributed by atoms with E-state index >= 15 is 0 Å². The van der Waals surface area contributed by atoms with E-state index in [2.05, 4.69) is 34.1 Å². The lowest BCUT2D eigenvalue weighted by molar-refractivity contribution is 0.0600. The number of benzene rings is 1. The van der Waals surface area contributed by atoms with Gasteiger partial charge in [0.25, 0.3) is 0 Å². The number of fused-ring (bicyclic) bond motifs is 1. The minimum Gasteiger partial charge on any atom is -0.393 e. The second kappa shape index (κ2) is 5.90. The lowest BCUT2D eigenvalue weighted by atomic mass is 9.93. The molecule has 2 unspecified atom stereocenters. The third kappa shape index (κ3) is 2.84. The molecule has 0 radical (unpaired) electrons. The number of likely N-dealkylation sites (tertiary alicyclic amines) is 1. The van der Waals surface area contributed by atoms with Crippen molar-refractivity contribution >= 4 is 10.9 Å². The molecule has 20 heavy (non-hydrogen) atoms. The van der Waals surface area contributed by atoms with E-state index in [1.54, 1.807) is 0 Å². The number of aliphatic hydroxyl groups is 1. The summed E-state index contributed by atoms with van der Waals surface area (Å²) in [6.07, 6.45) is 3.97. The largest absolute Gasteiger partial charge is 0.393 e. The molecule has 0 bridgehead atoms. The second-order valence-electron chi connectivity index (χ2n) is 5.87. The van der Waals surface area contributed by atoms with Crippen molar-refractivity contribution in [1.82, 2.24) is 9.88 Å². The quantitative estimate of drug-likeness (QED) is 0.931. The standard InChI is InChI=1S/C17H22N2O/c1-13(20)15-8-4-10-19(11-15)12-16-6-2-5-14-7-3-9-18-17(14)16/h2-3,5-7,9,13,15,20H,4,8,10-12H2,1H3. The molecule has 0 spiro atoms. The van der Waals surface area contributed by atoms with Gasteiger partial charge in [-0.15, -0.1) is 0 Å². The summed E-state index contributed by atoms with van der Waals surface area (Å²) in [7, 11) is 0. The van der Waals surface area contributed by atoms with Gasteiger partial charge in [-0.2, -0.15) is 0 Å². The van der Waals surface area contributed by atoms with Gasteiger partial charge in [0.05, 0.1) is 11.6 Å². The third-order valence-corrected chi connectivity index (χ3v) is 4.33. The van der Waals surface area contributed by atoms with E-state index in [1.165, 1.54) is 17.4 Å². The van der Waals surface area contributed by atoms with Crippen LogP contribution in [0.3, 0.4) is 0 Å². The zero-order chi connectivity index (χ0) is 13.9. The van der Waals surface area contributed by atoms with E-state index in [0.717, 1.165) is 31.6 Å². The number of hydrogen-bond acceptors (Lipinski definition) is 3. The van der Waals surface area contributed by atoms with Crippen molar-refractivity contribution < 1.29 is 5.11 Å². The molecule has 3 rings (SSSR count). The molecule has 0 amide bonds. The molecule has 2 atom stereocenters. The van der Waals surface area contributed by atoms with Gasteiger partial charge in [-0.3, -0.25) is 9.88 Å². The van der Waals surface area contributed by atoms with Crippen LogP contribution in [0, 0.1) is 5.92 Å². The van der Waals surface area contributed by atoms with Crippen molar-refractivity contribution in [3.8, 4) is 0 Å². The third-order valence-electron chi connectivity index (χ3n) is 4.33. The van der Waals surface area contributed by atoms with Gasteiger partial charge < -0.3 is 5.11 Å². The lowest BCUT2D eigenvalue weighted by Gasteiger charge is -2.34. The van der Waals surface area contributed by atoms with Gasteiger partial charge >= 0.3 is 0 Å². The highest BCUT2D eigenvalue weighted by Gasteiger charge is 2.23. The van der Waals surface area contributed by atoms with E-state index in [0.29, 0.717) is 5.92 Å². The summed E-state index contributed by atoms with van der Waals surface area (Å²) in [6.45, 7) is 4.94. The first-order valence-corrected chi connectivity index (χ1v) is 7.47. The number of piperidine rings is 1. The SMILES string of the molecule is CC(O)C1CCCN(Cc2cccc3cccnc23)C1. The first-order valence-electron chi connectivity index (χ1n) is 7.47. The van der Waals surface area contributed by atoms with Crippen LogP contribution >= 0.6 is 0 Å². The van der Waals surface area contributed by atoms with Crippen molar-refractivity contribution in [2.24, 2.45) is 5.92 Å². The normalized spacial score (nSPS) is 22.0. The van der Waals surface area contributed by atoms with Crippen LogP contribution in [0.4, 0.5) is 0 Å². The van der Waals surface area contributed by atoms with Crippen molar-refractivity contribution in [1.29, 1.82) is 0 Å². The van der Waals surface area contributed by atoms with Gasteiger partial charge in [0.2, 0.25) is 0 Å². The number of rotatable bonds is 3. The van der Waals surface area contributed by atoms with Crippen LogP contribution in [0.2, 0.25) is 0 Å². The van der Waals surface area contributed by atoms with Gasteiger partial charge in [0, 0.05) is 24.7 Å². The fourth-order valence-electron chi connectivity index (χ4n) is 3.16. The van der Waals surface area contributed by atoms with Gasteiger partial charge in [-0.1, -0.05) is 24.3 Å². The number of nitrogens with zero attached hydrogens (tertiary/aromatic N) is 2. The van der Waals surface area contributed by atoms with Crippen molar-refractivity contribution in [2.45, 2.75) is 32.4 Å². The highest BCUT2D eigenvalue weighted by molar-refractivity contribution is 5.81. The highest BCUT2D eigenvalue weighted by Crippen LogP contribution is 2.23. The summed E-state index contributed by atoms with van der Waals surface area (Å²) in [5.74, 6) is 0.409. The Morgan fingerprint density at radius 1 is 1.35 bits per heavy atom. The smallest absolute Gasteiger partial charge is 0.0746 e. The Hall–Kier alpha value is -1.45. The van der Waals surface area contributed by atoms with E-state index in [-0.39, 0.29) is 6.10 Å². The van der Waals surface area contributed by atoms with Gasteiger partial charge in [0.1, 0.15) is 0 Å². The van der Waals surface area contributed by atoms with Crippen LogP contribution in [0.5, 0.6) is 0 Å². The number of hydrogen-bond donors (Lipinski definition) is 1. The van der Waals surface area contributed by atoms with Crippen LogP contribution < -0.4 is 0 Å². The summed E-state index contributed by atoms with van der Waals surface area (Å²) < 4.78 is 0. The average Bonchev–Trinajstić information content (AvgIpc) is 2.48. The van der Waals surface area contributed by atoms with Crippen molar-refractivity contribution in [3.63, 3.8) is 0 Å². The number of aliphatic hydroxyl groups excluding tert-OH is 1. The summed E-state index contributed by atoms with van der Waals surface area (Å²) in [6, 6.07) is 10.5. The maximum atomic E-state index is 9.79. The first-order chi connectivity index (χ1) is 9.74. The molecular formula is C17H22N2O. The molecule has 3 heteroatoms. The van der Waals surface area contributed by atoms with E-state index in [1.807, 2.05) is 19.2 Å². The van der Waals surface area contributed by atoms with Crippen LogP contribution in [-0.2, 0) is 6.54 Å². The number of aromatic nitrogens is 1. The van der Waals surface area contributed by atoms with Gasteiger partial charge in [-0.05, 0) is 43.9 Å². The lowest BCUT2D eigenvalue weighted by Crippen LogP contribution is -2.39. The Kier molecular flexibility index (Phi) is 3.99. The summed E-state index contributed by atoms with van der Waals surface area (Å²) in [5.41, 5.74) is 2.39. The molecule has 1 saturated heterocycles. The average molecular weight is 270 g/mol. The fourth-order valence-corrected chi connectivity index (χ4v) is 3.16. The molecule has 1 aliphatic heterocycles. The Morgan fingerprint density at radius 2 is 2.20 bits per heavy atom. The summed E-state index contributed by atoms with van der Waals surface area (Å²) >= 11 is 0. The molecule has 1 N–H and O–H groups in total. The van der Waals surface area contributed by atoms with Crippen molar-refractivity contribution in [3.05, 3.63) is 42.1 Å². The predicted molar refractivity (Wildman–Crippen MR) is 81.4 cm³/mol. The zero-order valence-electron chi connectivity index (χ0n) is 12.0. The summed E-state index contributed by atoms with van der Waals surface area (Å²) in [4.78, 5) is 6.97. The molecule has 106 valence electrons. The Morgan fingerprint density at radius 3 is 3.05 bits per heavy atom. The minimum atomic E-state index is -0.205. The molecule has 0 saturated carbocycles. The molecule has 3 nitrogen and oxygen atoms in total. The molecule has 1 aliphatic rings. The molecule has 2 heterocycles. The molecular weight excluding hydrogens is 248 g/mol. The van der Waals surface area contributed by atoms with Gasteiger partial charge in [-0.25, -0.2) is 0 Å². The van der Waals surface area contributed by atoms with E-state index in [4.69, 9.17) is 0 Å². The van der Waals surface area contributed by atoms with Crippen LogP contribution in [-0.4, -0.2) is 34.2 Å². The van der Waals surface area contributed by atoms with Crippen LogP contribution in [0.1, 0.15) is 25.3 Å². The second-order valence-corrected chi connectivity index (χ2v) is 5.87. The number of para-hydroxylation sites is 1. The zero-order valence-corrected chi connectivity index (χ0v) is 12.0. The predicted octanol–water partition coefficient (Wildman–Crippen LogP) is 2.83. The van der Waals surface area contributed by atoms with E-state index in [9.17, 15) is 5.11 Å². The molecule has 0 aliphatic carbocycles. The Bertz CT molecular complexity index is 577. The number of pyridine rings is 1. The first kappa shape index (κ1) is 13.5. The topological polar surface area (TPSA) is 36.4 Å². The Labute approximate surface area is 120 Å². The minimum absolute atomic E-state index is 0.205. The van der Waals surface area contributed by atoms with Gasteiger partial charge in [0.15, 0.2) is 0 Å². The van der Waals surface area contributed by atoms with E-state index < -0.39 is 0 Å². The summed E-state index contributed by atoms with van der Waals surface area (Å²) in [5, 5.41) is 11.0. The fraction of sp³-hybridized carbons (Fsp3) is 0.471. The molecule has 2 aromatic rings. The highest BCUT2D eigenvalue weighted by atomic mass is 16.3. The maximum Gasteiger partial charge on any atom is 0.0746 e. The molecule has 1 aromatic carbocycles. The Balaban J connectivity index is 1.79. The monoisotopic (exact) mass is 270 g/mol. The maximum absolute atomic E-state index is 9.79. The van der Waals surface area contributed by atoms with Crippen LogP contribution in [0.15, 0.2) is 36.5 Å². The molecule has 1 fully saturated rings.